The van der Waals surface area contributed by atoms with Gasteiger partial charge in [0.25, 0.3) is 0 Å². The van der Waals surface area contributed by atoms with Crippen molar-refractivity contribution in [3.63, 3.8) is 0 Å². The second-order valence-electron chi connectivity index (χ2n) is 4.48. The third kappa shape index (κ3) is 2.02. The number of hydrogen-bond donors (Lipinski definition) is 1. The Kier molecular flexibility index (Phi) is 3.06. The fraction of sp³-hybridized carbons (Fsp3) is 0.357. The highest BCUT2D eigenvalue weighted by Gasteiger charge is 2.21. The molecule has 4 heteroatoms. The molecule has 1 aliphatic rings. The summed E-state index contributed by atoms with van der Waals surface area (Å²) in [6.07, 6.45) is 1.03. The van der Waals surface area contributed by atoms with Gasteiger partial charge in [0.2, 0.25) is 0 Å². The first-order chi connectivity index (χ1) is 8.78. The van der Waals surface area contributed by atoms with E-state index in [9.17, 15) is 0 Å². The zero-order chi connectivity index (χ0) is 12.5. The van der Waals surface area contributed by atoms with Gasteiger partial charge in [-0.2, -0.15) is 0 Å². The van der Waals surface area contributed by atoms with Gasteiger partial charge in [0, 0.05) is 29.4 Å². The smallest absolute Gasteiger partial charge is 0.123 e. The van der Waals surface area contributed by atoms with E-state index in [0.717, 1.165) is 23.7 Å². The molecule has 1 unspecified atom stereocenters. The Morgan fingerprint density at radius 1 is 1.33 bits per heavy atom. The molecule has 1 aliphatic heterocycles. The fourth-order valence-corrected chi connectivity index (χ4v) is 3.38. The zero-order valence-electron chi connectivity index (χ0n) is 10.6. The minimum Gasteiger partial charge on any atom is -0.497 e. The van der Waals surface area contributed by atoms with Gasteiger partial charge in [-0.1, -0.05) is 0 Å². The van der Waals surface area contributed by atoms with Crippen molar-refractivity contribution in [1.82, 2.24) is 10.3 Å². The van der Waals surface area contributed by atoms with Crippen molar-refractivity contribution in [1.29, 1.82) is 0 Å². The number of nitrogens with one attached hydrogen (secondary N) is 1. The largest absolute Gasteiger partial charge is 0.497 e. The molecule has 0 aliphatic carbocycles. The van der Waals surface area contributed by atoms with Gasteiger partial charge in [0.1, 0.15) is 10.8 Å². The monoisotopic (exact) mass is 260 g/mol. The second kappa shape index (κ2) is 4.71. The summed E-state index contributed by atoms with van der Waals surface area (Å²) in [6.45, 7) is 3.23. The van der Waals surface area contributed by atoms with Crippen LogP contribution in [0.4, 0.5) is 0 Å². The first kappa shape index (κ1) is 11.7. The summed E-state index contributed by atoms with van der Waals surface area (Å²) in [7, 11) is 1.68. The maximum Gasteiger partial charge on any atom is 0.123 e. The molecule has 1 aromatic heterocycles. The van der Waals surface area contributed by atoms with Gasteiger partial charge in [-0.15, -0.1) is 11.3 Å². The number of benzene rings is 1. The van der Waals surface area contributed by atoms with Crippen molar-refractivity contribution >= 4 is 11.3 Å². The van der Waals surface area contributed by atoms with Gasteiger partial charge in [-0.25, -0.2) is 4.98 Å². The maximum atomic E-state index is 5.18. The van der Waals surface area contributed by atoms with Gasteiger partial charge >= 0.3 is 0 Å². The Morgan fingerprint density at radius 2 is 2.11 bits per heavy atom. The Labute approximate surface area is 111 Å². The molecule has 0 saturated heterocycles. The number of rotatable bonds is 2. The zero-order valence-corrected chi connectivity index (χ0v) is 11.4. The van der Waals surface area contributed by atoms with Crippen LogP contribution in [0.2, 0.25) is 0 Å². The Morgan fingerprint density at radius 3 is 2.78 bits per heavy atom. The third-order valence-corrected chi connectivity index (χ3v) is 4.60. The average molecular weight is 260 g/mol. The second-order valence-corrected chi connectivity index (χ2v) is 5.51. The summed E-state index contributed by atoms with van der Waals surface area (Å²) in [6, 6.07) is 8.54. The highest BCUT2D eigenvalue weighted by atomic mass is 32.1. The number of methoxy groups -OCH3 is 1. The van der Waals surface area contributed by atoms with Crippen LogP contribution in [-0.2, 0) is 6.42 Å². The number of nitrogens with zero attached hydrogens (tertiary/aromatic N) is 1. The van der Waals surface area contributed by atoms with E-state index in [-0.39, 0.29) is 0 Å². The lowest BCUT2D eigenvalue weighted by atomic mass is 10.1. The molecule has 18 heavy (non-hydrogen) atoms. The molecule has 3 nitrogen and oxygen atoms in total. The number of fused-ring (bicyclic) bond motifs is 1. The van der Waals surface area contributed by atoms with E-state index < -0.39 is 0 Å². The first-order valence-electron chi connectivity index (χ1n) is 6.15. The quantitative estimate of drug-likeness (QED) is 0.901. The van der Waals surface area contributed by atoms with Crippen LogP contribution >= 0.6 is 11.3 Å². The number of aromatic nitrogens is 1. The summed E-state index contributed by atoms with van der Waals surface area (Å²) < 4.78 is 5.18. The predicted molar refractivity (Wildman–Crippen MR) is 74.2 cm³/mol. The summed E-state index contributed by atoms with van der Waals surface area (Å²) in [5.74, 6) is 0.884. The van der Waals surface area contributed by atoms with Crippen LogP contribution in [0.1, 0.15) is 23.5 Å². The van der Waals surface area contributed by atoms with Gasteiger partial charge < -0.3 is 10.1 Å². The molecule has 2 heterocycles. The molecule has 0 fully saturated rings. The fourth-order valence-electron chi connectivity index (χ4n) is 2.24. The minimum absolute atomic E-state index is 0.429. The van der Waals surface area contributed by atoms with Crippen LogP contribution < -0.4 is 10.1 Å². The third-order valence-electron chi connectivity index (χ3n) is 3.27. The van der Waals surface area contributed by atoms with E-state index >= 15 is 0 Å². The number of hydrogen-bond acceptors (Lipinski definition) is 4. The molecule has 0 spiro atoms. The minimum atomic E-state index is 0.429. The molecule has 0 amide bonds. The summed E-state index contributed by atoms with van der Waals surface area (Å²) in [4.78, 5) is 6.15. The van der Waals surface area contributed by atoms with Crippen LogP contribution in [-0.4, -0.2) is 18.6 Å². The highest BCUT2D eigenvalue weighted by molar-refractivity contribution is 7.15. The summed E-state index contributed by atoms with van der Waals surface area (Å²) in [5.41, 5.74) is 2.43. The van der Waals surface area contributed by atoms with Gasteiger partial charge in [-0.05, 0) is 31.2 Å². The van der Waals surface area contributed by atoms with E-state index in [1.54, 1.807) is 18.4 Å². The van der Waals surface area contributed by atoms with Gasteiger partial charge in [-0.3, -0.25) is 0 Å². The van der Waals surface area contributed by atoms with Gasteiger partial charge in [0.15, 0.2) is 0 Å². The van der Waals surface area contributed by atoms with Gasteiger partial charge in [0.05, 0.1) is 12.8 Å². The molecular formula is C14H16N2OS. The van der Waals surface area contributed by atoms with Crippen LogP contribution in [0.3, 0.4) is 0 Å². The molecule has 1 N–H and O–H groups in total. The first-order valence-corrected chi connectivity index (χ1v) is 6.97. The van der Waals surface area contributed by atoms with E-state index in [1.807, 2.05) is 12.1 Å². The molecule has 2 aromatic rings. The van der Waals surface area contributed by atoms with E-state index in [2.05, 4.69) is 24.4 Å². The van der Waals surface area contributed by atoms with Crippen LogP contribution in [0.5, 0.6) is 5.75 Å². The number of thiazole rings is 1. The normalized spacial score (nSPS) is 18.4. The summed E-state index contributed by atoms with van der Waals surface area (Å²) in [5, 5.41) is 4.58. The van der Waals surface area contributed by atoms with E-state index in [4.69, 9.17) is 9.72 Å². The van der Waals surface area contributed by atoms with Crippen LogP contribution in [0.25, 0.3) is 10.6 Å². The maximum absolute atomic E-state index is 5.18. The lowest BCUT2D eigenvalue weighted by Gasteiger charge is -2.18. The van der Waals surface area contributed by atoms with Crippen molar-refractivity contribution in [2.75, 3.05) is 13.7 Å². The highest BCUT2D eigenvalue weighted by Crippen LogP contribution is 2.34. The standard InChI is InChI=1S/C14H16N2OS/c1-9-13-12(7-8-15-9)16-14(18-13)10-3-5-11(17-2)6-4-10/h3-6,9,15H,7-8H2,1-2H3. The molecule has 0 saturated carbocycles. The van der Waals surface area contributed by atoms with Crippen molar-refractivity contribution in [2.24, 2.45) is 0 Å². The lowest BCUT2D eigenvalue weighted by molar-refractivity contribution is 0.415. The van der Waals surface area contributed by atoms with E-state index in [1.165, 1.54) is 16.1 Å². The Bertz CT molecular complexity index is 547. The SMILES string of the molecule is COc1ccc(-c2nc3c(s2)C(C)NCC3)cc1. The van der Waals surface area contributed by atoms with Crippen molar-refractivity contribution in [3.05, 3.63) is 34.8 Å². The average Bonchev–Trinajstić information content (AvgIpc) is 2.84. The molecule has 3 rings (SSSR count). The molecular weight excluding hydrogens is 244 g/mol. The lowest BCUT2D eigenvalue weighted by Crippen LogP contribution is -2.26. The van der Waals surface area contributed by atoms with Crippen LogP contribution in [0.15, 0.2) is 24.3 Å². The molecule has 94 valence electrons. The Balaban J connectivity index is 1.96. The van der Waals surface area contributed by atoms with Crippen LogP contribution in [0, 0.1) is 0 Å². The van der Waals surface area contributed by atoms with Crippen molar-refractivity contribution < 1.29 is 4.74 Å². The van der Waals surface area contributed by atoms with Crippen molar-refractivity contribution in [2.45, 2.75) is 19.4 Å². The molecule has 0 radical (unpaired) electrons. The van der Waals surface area contributed by atoms with E-state index in [0.29, 0.717) is 6.04 Å². The Hall–Kier alpha value is -1.39. The predicted octanol–water partition coefficient (Wildman–Crippen LogP) is 3.03. The molecule has 0 bridgehead atoms. The topological polar surface area (TPSA) is 34.1 Å². The number of ether oxygens (including phenoxy) is 1. The summed E-state index contributed by atoms with van der Waals surface area (Å²) >= 11 is 1.80. The molecule has 1 aromatic carbocycles. The molecule has 1 atom stereocenters. The van der Waals surface area contributed by atoms with Crippen molar-refractivity contribution in [3.8, 4) is 16.3 Å².